The molecule has 3 aromatic rings. The van der Waals surface area contributed by atoms with Crippen LogP contribution in [-0.4, -0.2) is 15.9 Å². The number of benzene rings is 2. The van der Waals surface area contributed by atoms with Gasteiger partial charge in [-0.25, -0.2) is 9.97 Å². The normalized spacial score (nSPS) is 26.1. The van der Waals surface area contributed by atoms with Gasteiger partial charge in [-0.15, -0.1) is 0 Å². The highest BCUT2D eigenvalue weighted by Gasteiger charge is 2.73. The fraction of sp³-hybridized carbons (Fsp3) is 0.400. The molecule has 0 aliphatic heterocycles. The molecule has 1 amide bonds. The number of anilines is 1. The molecule has 1 heterocycles. The highest BCUT2D eigenvalue weighted by atomic mass is 127. The molecule has 2 unspecified atom stereocenters. The van der Waals surface area contributed by atoms with Crippen LogP contribution in [0.25, 0.3) is 11.0 Å². The summed E-state index contributed by atoms with van der Waals surface area (Å²) in [6.07, 6.45) is 1.74. The molecule has 30 heavy (non-hydrogen) atoms. The summed E-state index contributed by atoms with van der Waals surface area (Å²) < 4.78 is 1.15. The van der Waals surface area contributed by atoms with Crippen LogP contribution in [0.5, 0.6) is 0 Å². The van der Waals surface area contributed by atoms with Crippen LogP contribution in [0.4, 0.5) is 5.69 Å². The topological polar surface area (TPSA) is 54.9 Å². The van der Waals surface area contributed by atoms with Gasteiger partial charge >= 0.3 is 0 Å². The molecule has 0 spiro atoms. The van der Waals surface area contributed by atoms with Crippen molar-refractivity contribution in [3.63, 3.8) is 0 Å². The van der Waals surface area contributed by atoms with Gasteiger partial charge in [0, 0.05) is 14.7 Å². The lowest BCUT2D eigenvalue weighted by molar-refractivity contribution is -0.125. The Morgan fingerprint density at radius 1 is 0.933 bits per heavy atom. The summed E-state index contributed by atoms with van der Waals surface area (Å²) in [7, 11) is 0. The summed E-state index contributed by atoms with van der Waals surface area (Å²) in [5.74, 6) is 0.0358. The minimum Gasteiger partial charge on any atom is -0.325 e. The van der Waals surface area contributed by atoms with Crippen molar-refractivity contribution in [2.45, 2.75) is 58.3 Å². The number of carbonyl (C=O) groups excluding carboxylic acids is 1. The van der Waals surface area contributed by atoms with E-state index in [1.165, 1.54) is 11.1 Å². The van der Waals surface area contributed by atoms with E-state index >= 15 is 0 Å². The SMILES string of the molecule is Cc1cc2nc3c(nc2cc1C)C1(C(=O)Nc2ccc(I)cc2)CCC3(C)C1(C)C. The number of rotatable bonds is 2. The standard InChI is InChI=1S/C25H26IN3O/c1-14-12-18-19(13-15(14)2)29-21-20(28-18)24(5)10-11-25(21,23(24,3)4)22(30)27-17-8-6-16(26)7-9-17/h6-9,12-13H,10-11H2,1-5H3,(H,27,30). The van der Waals surface area contributed by atoms with Gasteiger partial charge in [0.05, 0.1) is 27.8 Å². The third-order valence-electron chi connectivity index (χ3n) is 8.14. The van der Waals surface area contributed by atoms with Gasteiger partial charge in [0.15, 0.2) is 0 Å². The zero-order valence-corrected chi connectivity index (χ0v) is 20.2. The molecule has 0 saturated heterocycles. The number of nitrogens with one attached hydrogen (secondary N) is 1. The maximum atomic E-state index is 13.9. The minimum atomic E-state index is -0.680. The quantitative estimate of drug-likeness (QED) is 0.442. The zero-order valence-electron chi connectivity index (χ0n) is 18.1. The van der Waals surface area contributed by atoms with Crippen LogP contribution in [0.15, 0.2) is 36.4 Å². The fourth-order valence-electron chi connectivity index (χ4n) is 5.63. The first-order valence-corrected chi connectivity index (χ1v) is 11.5. The number of amides is 1. The van der Waals surface area contributed by atoms with E-state index in [0.717, 1.165) is 44.5 Å². The Bertz CT molecular complexity index is 1220. The van der Waals surface area contributed by atoms with Gasteiger partial charge in [-0.05, 0) is 102 Å². The highest BCUT2D eigenvalue weighted by molar-refractivity contribution is 14.1. The molecule has 1 fully saturated rings. The second-order valence-corrected chi connectivity index (χ2v) is 10.9. The van der Waals surface area contributed by atoms with Crippen LogP contribution >= 0.6 is 22.6 Å². The van der Waals surface area contributed by atoms with E-state index < -0.39 is 5.41 Å². The van der Waals surface area contributed by atoms with Gasteiger partial charge in [-0.3, -0.25) is 4.79 Å². The number of hydrogen-bond acceptors (Lipinski definition) is 3. The average molecular weight is 511 g/mol. The van der Waals surface area contributed by atoms with E-state index in [4.69, 9.17) is 9.97 Å². The van der Waals surface area contributed by atoms with Gasteiger partial charge in [-0.2, -0.15) is 0 Å². The van der Waals surface area contributed by atoms with E-state index in [1.807, 2.05) is 24.3 Å². The average Bonchev–Trinajstić information content (AvgIpc) is 2.99. The molecular formula is C25H26IN3O. The lowest BCUT2D eigenvalue weighted by atomic mass is 9.63. The third-order valence-corrected chi connectivity index (χ3v) is 8.86. The van der Waals surface area contributed by atoms with Crippen molar-refractivity contribution in [3.05, 3.63) is 62.5 Å². The van der Waals surface area contributed by atoms with Crippen LogP contribution in [0.1, 0.15) is 56.1 Å². The van der Waals surface area contributed by atoms with Crippen molar-refractivity contribution in [2.24, 2.45) is 5.41 Å². The number of fused-ring (bicyclic) bond motifs is 6. The van der Waals surface area contributed by atoms with E-state index in [1.54, 1.807) is 0 Å². The monoisotopic (exact) mass is 511 g/mol. The summed E-state index contributed by atoms with van der Waals surface area (Å²) >= 11 is 2.27. The Morgan fingerprint density at radius 2 is 1.50 bits per heavy atom. The molecule has 1 aromatic heterocycles. The van der Waals surface area contributed by atoms with Gasteiger partial charge in [0.25, 0.3) is 0 Å². The fourth-order valence-corrected chi connectivity index (χ4v) is 5.99. The van der Waals surface area contributed by atoms with Crippen LogP contribution in [0.3, 0.4) is 0 Å². The summed E-state index contributed by atoms with van der Waals surface area (Å²) in [6.45, 7) is 10.9. The minimum absolute atomic E-state index is 0.0358. The summed E-state index contributed by atoms with van der Waals surface area (Å²) in [5.41, 5.74) is 5.79. The Balaban J connectivity index is 1.70. The molecule has 1 saturated carbocycles. The number of aryl methyl sites for hydroxylation is 2. The summed E-state index contributed by atoms with van der Waals surface area (Å²) in [6, 6.07) is 12.2. The predicted octanol–water partition coefficient (Wildman–Crippen LogP) is 5.82. The van der Waals surface area contributed by atoms with Crippen molar-refractivity contribution in [1.29, 1.82) is 0 Å². The molecule has 2 atom stereocenters. The van der Waals surface area contributed by atoms with Gasteiger partial charge in [-0.1, -0.05) is 20.8 Å². The Kier molecular flexibility index (Phi) is 4.15. The van der Waals surface area contributed by atoms with Crippen LogP contribution in [-0.2, 0) is 15.6 Å². The lowest BCUT2D eigenvalue weighted by Crippen LogP contribution is -2.48. The van der Waals surface area contributed by atoms with Crippen molar-refractivity contribution in [2.75, 3.05) is 5.32 Å². The Labute approximate surface area is 191 Å². The first kappa shape index (κ1) is 19.9. The number of carbonyl (C=O) groups is 1. The van der Waals surface area contributed by atoms with Crippen LogP contribution in [0.2, 0.25) is 0 Å². The first-order valence-electron chi connectivity index (χ1n) is 10.5. The molecule has 5 rings (SSSR count). The van der Waals surface area contributed by atoms with E-state index in [9.17, 15) is 4.79 Å². The first-order chi connectivity index (χ1) is 14.1. The van der Waals surface area contributed by atoms with Crippen molar-refractivity contribution in [3.8, 4) is 0 Å². The maximum Gasteiger partial charge on any atom is 0.237 e. The second-order valence-electron chi connectivity index (χ2n) is 9.67. The predicted molar refractivity (Wildman–Crippen MR) is 129 cm³/mol. The summed E-state index contributed by atoms with van der Waals surface area (Å²) in [5, 5.41) is 3.20. The largest absolute Gasteiger partial charge is 0.325 e. The molecular weight excluding hydrogens is 485 g/mol. The second kappa shape index (κ2) is 6.25. The van der Waals surface area contributed by atoms with Gasteiger partial charge in [0.1, 0.15) is 0 Å². The molecule has 4 nitrogen and oxygen atoms in total. The number of hydrogen-bond donors (Lipinski definition) is 1. The third kappa shape index (κ3) is 2.35. The zero-order chi connectivity index (χ0) is 21.5. The van der Waals surface area contributed by atoms with Crippen molar-refractivity contribution < 1.29 is 4.79 Å². The number of aromatic nitrogens is 2. The molecule has 1 N–H and O–H groups in total. The maximum absolute atomic E-state index is 13.9. The smallest absolute Gasteiger partial charge is 0.237 e. The van der Waals surface area contributed by atoms with Crippen LogP contribution in [0, 0.1) is 22.8 Å². The van der Waals surface area contributed by atoms with Crippen LogP contribution < -0.4 is 5.32 Å². The molecule has 5 heteroatoms. The molecule has 0 radical (unpaired) electrons. The molecule has 2 aromatic carbocycles. The number of halogens is 1. The molecule has 154 valence electrons. The molecule has 2 bridgehead atoms. The van der Waals surface area contributed by atoms with Crippen molar-refractivity contribution in [1.82, 2.24) is 9.97 Å². The Morgan fingerprint density at radius 3 is 2.10 bits per heavy atom. The summed E-state index contributed by atoms with van der Waals surface area (Å²) in [4.78, 5) is 24.1. The number of nitrogens with zero attached hydrogens (tertiary/aromatic N) is 2. The molecule has 2 aliphatic rings. The lowest BCUT2D eigenvalue weighted by Gasteiger charge is -2.39. The van der Waals surface area contributed by atoms with Crippen molar-refractivity contribution >= 4 is 45.2 Å². The van der Waals surface area contributed by atoms with E-state index in [2.05, 4.69) is 74.7 Å². The van der Waals surface area contributed by atoms with E-state index in [0.29, 0.717) is 0 Å². The Hall–Kier alpha value is -2.02. The van der Waals surface area contributed by atoms with E-state index in [-0.39, 0.29) is 16.7 Å². The van der Waals surface area contributed by atoms with Gasteiger partial charge in [0.2, 0.25) is 5.91 Å². The van der Waals surface area contributed by atoms with Gasteiger partial charge < -0.3 is 5.32 Å². The highest BCUT2D eigenvalue weighted by Crippen LogP contribution is 2.70. The molecule has 2 aliphatic carbocycles.